The molecule has 1 aliphatic rings. The molecule has 0 unspecified atom stereocenters. The third-order valence-corrected chi connectivity index (χ3v) is 3.76. The van der Waals surface area contributed by atoms with Crippen LogP contribution in [0.2, 0.25) is 0 Å². The van der Waals surface area contributed by atoms with Crippen LogP contribution >= 0.6 is 0 Å². The van der Waals surface area contributed by atoms with Crippen molar-refractivity contribution < 1.29 is 14.3 Å². The fourth-order valence-electron chi connectivity index (χ4n) is 1.91. The summed E-state index contributed by atoms with van der Waals surface area (Å²) >= 11 is 0. The van der Waals surface area contributed by atoms with Gasteiger partial charge in [0.25, 0.3) is 5.54 Å². The summed E-state index contributed by atoms with van der Waals surface area (Å²) in [5.74, 6) is 0.171. The molecule has 0 N–H and O–H groups in total. The number of ether oxygens (including phenoxy) is 1. The summed E-state index contributed by atoms with van der Waals surface area (Å²) in [6, 6.07) is 0. The topological polar surface area (TPSA) is 46.4 Å². The van der Waals surface area contributed by atoms with E-state index in [9.17, 15) is 9.70 Å². The van der Waals surface area contributed by atoms with Crippen molar-refractivity contribution in [1.82, 2.24) is 0 Å². The highest BCUT2D eigenvalue weighted by Crippen LogP contribution is 2.37. The smallest absolute Gasteiger partial charge is 0.316 e. The van der Waals surface area contributed by atoms with Gasteiger partial charge in [0.15, 0.2) is 5.76 Å². The first kappa shape index (κ1) is 14.9. The lowest BCUT2D eigenvalue weighted by Crippen LogP contribution is -2.41. The summed E-state index contributed by atoms with van der Waals surface area (Å²) in [5.41, 5.74) is -1.98. The Morgan fingerprint density at radius 3 is 2.17 bits per heavy atom. The SMILES string of the molecule is CCC(C)(C)C(=O)OC1=CC(C)(C)[N+](=O)C1(C)C. The maximum Gasteiger partial charge on any atom is 0.316 e. The molecule has 0 spiro atoms. The van der Waals surface area contributed by atoms with Crippen LogP contribution in [0.1, 0.15) is 54.9 Å². The molecule has 0 saturated heterocycles. The highest BCUT2D eigenvalue weighted by atomic mass is 16.5. The quantitative estimate of drug-likeness (QED) is 0.574. The van der Waals surface area contributed by atoms with E-state index in [1.807, 2.05) is 34.6 Å². The van der Waals surface area contributed by atoms with Crippen molar-refractivity contribution in [3.8, 4) is 0 Å². The van der Waals surface area contributed by atoms with Gasteiger partial charge in [-0.05, 0) is 20.3 Å². The molecule has 0 fully saturated rings. The number of nitroso groups, excluding NO2 is 1. The van der Waals surface area contributed by atoms with Gasteiger partial charge in [0, 0.05) is 43.4 Å². The van der Waals surface area contributed by atoms with E-state index in [-0.39, 0.29) is 5.97 Å². The fourth-order valence-corrected chi connectivity index (χ4v) is 1.91. The van der Waals surface area contributed by atoms with E-state index in [1.165, 1.54) is 0 Å². The average molecular weight is 254 g/mol. The molecular formula is C14H24NO3+. The first-order chi connectivity index (χ1) is 7.95. The zero-order valence-corrected chi connectivity index (χ0v) is 12.5. The number of carbonyl (C=O) groups excluding carboxylic acids is 1. The van der Waals surface area contributed by atoms with Gasteiger partial charge in [0.2, 0.25) is 5.54 Å². The molecule has 0 amide bonds. The molecule has 0 aromatic carbocycles. The van der Waals surface area contributed by atoms with E-state index < -0.39 is 16.5 Å². The number of hydrogen-bond acceptors (Lipinski definition) is 3. The highest BCUT2D eigenvalue weighted by molar-refractivity contribution is 5.77. The molecule has 0 radical (unpaired) electrons. The van der Waals surface area contributed by atoms with Crippen LogP contribution in [-0.4, -0.2) is 21.8 Å². The van der Waals surface area contributed by atoms with E-state index in [0.717, 1.165) is 4.76 Å². The van der Waals surface area contributed by atoms with Crippen LogP contribution in [0.4, 0.5) is 0 Å². The van der Waals surface area contributed by atoms with Gasteiger partial charge >= 0.3 is 5.97 Å². The van der Waals surface area contributed by atoms with Gasteiger partial charge in [0.1, 0.15) is 0 Å². The van der Waals surface area contributed by atoms with Crippen molar-refractivity contribution in [2.45, 2.75) is 66.0 Å². The molecule has 102 valence electrons. The van der Waals surface area contributed by atoms with E-state index in [0.29, 0.717) is 12.2 Å². The molecule has 4 nitrogen and oxygen atoms in total. The minimum absolute atomic E-state index is 0.282. The van der Waals surface area contributed by atoms with Crippen molar-refractivity contribution in [2.75, 3.05) is 0 Å². The highest BCUT2D eigenvalue weighted by Gasteiger charge is 2.57. The van der Waals surface area contributed by atoms with E-state index in [1.54, 1.807) is 19.9 Å². The summed E-state index contributed by atoms with van der Waals surface area (Å²) in [7, 11) is 0. The molecule has 0 atom stereocenters. The molecule has 0 aromatic heterocycles. The van der Waals surface area contributed by atoms with Gasteiger partial charge in [-0.3, -0.25) is 4.79 Å². The van der Waals surface area contributed by atoms with Gasteiger partial charge in [0.05, 0.1) is 5.41 Å². The van der Waals surface area contributed by atoms with Crippen LogP contribution in [0, 0.1) is 10.3 Å². The first-order valence-electron chi connectivity index (χ1n) is 6.38. The summed E-state index contributed by atoms with van der Waals surface area (Å²) in [6.07, 6.45) is 2.44. The van der Waals surface area contributed by atoms with Gasteiger partial charge in [-0.2, -0.15) is 0 Å². The molecule has 1 rings (SSSR count). The fraction of sp³-hybridized carbons (Fsp3) is 0.786. The summed E-state index contributed by atoms with van der Waals surface area (Å²) < 4.78 is 6.44. The summed E-state index contributed by atoms with van der Waals surface area (Å²) in [4.78, 5) is 24.2. The minimum atomic E-state index is -0.803. The van der Waals surface area contributed by atoms with Crippen molar-refractivity contribution in [1.29, 1.82) is 0 Å². The van der Waals surface area contributed by atoms with Crippen molar-refractivity contribution >= 4 is 5.97 Å². The lowest BCUT2D eigenvalue weighted by atomic mass is 9.90. The molecule has 1 aliphatic heterocycles. The predicted molar refractivity (Wildman–Crippen MR) is 70.0 cm³/mol. The monoisotopic (exact) mass is 254 g/mol. The maximum absolute atomic E-state index is 12.1. The Labute approximate surface area is 109 Å². The molecule has 0 aliphatic carbocycles. The van der Waals surface area contributed by atoms with E-state index in [4.69, 9.17) is 4.74 Å². The van der Waals surface area contributed by atoms with Crippen LogP contribution in [-0.2, 0) is 9.53 Å². The van der Waals surface area contributed by atoms with Gasteiger partial charge < -0.3 is 4.74 Å². The molecular weight excluding hydrogens is 230 g/mol. The minimum Gasteiger partial charge on any atom is -0.423 e. The Balaban J connectivity index is 2.99. The standard InChI is InChI=1S/C14H24NO3/c1-8-12(2,3)11(16)18-10-9-13(4,5)15(17)14(10,6)7/h9H,8H2,1-7H3/q+1. The molecule has 0 saturated carbocycles. The van der Waals surface area contributed by atoms with Crippen LogP contribution < -0.4 is 0 Å². The molecule has 0 bridgehead atoms. The van der Waals surface area contributed by atoms with E-state index >= 15 is 0 Å². The van der Waals surface area contributed by atoms with Crippen LogP contribution in [0.25, 0.3) is 0 Å². The van der Waals surface area contributed by atoms with Crippen molar-refractivity contribution in [3.05, 3.63) is 16.7 Å². The first-order valence-corrected chi connectivity index (χ1v) is 6.38. The zero-order valence-electron chi connectivity index (χ0n) is 12.5. The Morgan fingerprint density at radius 1 is 1.33 bits per heavy atom. The van der Waals surface area contributed by atoms with Gasteiger partial charge in [-0.1, -0.05) is 6.92 Å². The van der Waals surface area contributed by atoms with Crippen molar-refractivity contribution in [2.24, 2.45) is 5.41 Å². The Morgan fingerprint density at radius 2 is 1.83 bits per heavy atom. The lowest BCUT2D eigenvalue weighted by Gasteiger charge is -2.22. The normalized spacial score (nSPS) is 21.7. The second-order valence-electron chi connectivity index (χ2n) is 6.64. The molecule has 18 heavy (non-hydrogen) atoms. The van der Waals surface area contributed by atoms with Gasteiger partial charge in [-0.15, -0.1) is 0 Å². The number of rotatable bonds is 3. The van der Waals surface area contributed by atoms with Crippen molar-refractivity contribution in [3.63, 3.8) is 0 Å². The average Bonchev–Trinajstić information content (AvgIpc) is 2.39. The number of carbonyl (C=O) groups is 1. The summed E-state index contributed by atoms with van der Waals surface area (Å²) in [6.45, 7) is 12.8. The summed E-state index contributed by atoms with van der Waals surface area (Å²) in [5, 5.41) is 0. The Bertz CT molecular complexity index is 417. The Hall–Kier alpha value is -1.19. The molecule has 1 heterocycles. The molecule has 0 aromatic rings. The molecule has 4 heteroatoms. The third kappa shape index (κ3) is 2.33. The van der Waals surface area contributed by atoms with Crippen LogP contribution in [0.5, 0.6) is 0 Å². The zero-order chi connectivity index (χ0) is 14.4. The Kier molecular flexibility index (Phi) is 3.45. The predicted octanol–water partition coefficient (Wildman–Crippen LogP) is 3.20. The van der Waals surface area contributed by atoms with Crippen LogP contribution in [0.3, 0.4) is 0 Å². The number of esters is 1. The third-order valence-electron chi connectivity index (χ3n) is 3.76. The maximum atomic E-state index is 12.1. The largest absolute Gasteiger partial charge is 0.423 e. The second kappa shape index (κ2) is 4.18. The van der Waals surface area contributed by atoms with E-state index in [2.05, 4.69) is 0 Å². The number of hydrogen-bond donors (Lipinski definition) is 0. The lowest BCUT2D eigenvalue weighted by molar-refractivity contribution is -0.653. The van der Waals surface area contributed by atoms with Gasteiger partial charge in [-0.25, -0.2) is 0 Å². The number of nitrogens with zero attached hydrogens (tertiary/aromatic N) is 1. The van der Waals surface area contributed by atoms with Crippen LogP contribution in [0.15, 0.2) is 11.8 Å². The second-order valence-corrected chi connectivity index (χ2v) is 6.64.